The summed E-state index contributed by atoms with van der Waals surface area (Å²) < 4.78 is 0.995. The van der Waals surface area contributed by atoms with Gasteiger partial charge in [-0.15, -0.1) is 12.4 Å². The van der Waals surface area contributed by atoms with E-state index in [-0.39, 0.29) is 18.3 Å². The molecule has 1 aromatic carbocycles. The molecule has 2 aliphatic carbocycles. The van der Waals surface area contributed by atoms with Crippen LogP contribution in [0.1, 0.15) is 42.5 Å². The van der Waals surface area contributed by atoms with Gasteiger partial charge in [-0.25, -0.2) is 0 Å². The molecule has 0 aliphatic heterocycles. The number of fused-ring (bicyclic) bond motifs is 2. The zero-order valence-electron chi connectivity index (χ0n) is 11.9. The maximum atomic E-state index is 12.4. The van der Waals surface area contributed by atoms with Crippen LogP contribution < -0.4 is 11.1 Å². The lowest BCUT2D eigenvalue weighted by Crippen LogP contribution is -2.53. The first-order valence-corrected chi connectivity index (χ1v) is 8.25. The minimum atomic E-state index is 0. The second-order valence-electron chi connectivity index (χ2n) is 6.19. The second kappa shape index (κ2) is 7.12. The molecule has 3 N–H and O–H groups in total. The molecule has 21 heavy (non-hydrogen) atoms. The van der Waals surface area contributed by atoms with Crippen LogP contribution in [0.15, 0.2) is 28.7 Å². The summed E-state index contributed by atoms with van der Waals surface area (Å²) in [6.45, 7) is 0. The molecule has 0 radical (unpaired) electrons. The number of nitrogens with two attached hydrogens (primary N) is 1. The Kier molecular flexibility index (Phi) is 5.69. The summed E-state index contributed by atoms with van der Waals surface area (Å²) >= 11 is 3.39. The van der Waals surface area contributed by atoms with E-state index in [9.17, 15) is 4.79 Å². The Morgan fingerprint density at radius 1 is 1.14 bits per heavy atom. The summed E-state index contributed by atoms with van der Waals surface area (Å²) in [6.07, 6.45) is 5.81. The van der Waals surface area contributed by atoms with E-state index in [1.165, 1.54) is 19.3 Å². The van der Waals surface area contributed by atoms with E-state index in [2.05, 4.69) is 21.2 Å². The van der Waals surface area contributed by atoms with Gasteiger partial charge in [-0.3, -0.25) is 4.79 Å². The number of nitrogens with one attached hydrogen (secondary N) is 1. The average molecular weight is 374 g/mol. The third-order valence-electron chi connectivity index (χ3n) is 4.78. The standard InChI is InChI=1S/C16H21BrN2O.ClH/c17-13-6-4-10(5-7-13)16(20)19-15-11-2-1-3-12(15)9-14(18)8-11;/h4-7,11-12,14-15H,1-3,8-9,18H2,(H,19,20);1H. The Morgan fingerprint density at radius 2 is 1.71 bits per heavy atom. The van der Waals surface area contributed by atoms with Crippen LogP contribution in [0, 0.1) is 11.8 Å². The van der Waals surface area contributed by atoms with E-state index in [0.717, 1.165) is 22.9 Å². The first-order chi connectivity index (χ1) is 9.63. The van der Waals surface area contributed by atoms with Gasteiger partial charge in [0.05, 0.1) is 0 Å². The summed E-state index contributed by atoms with van der Waals surface area (Å²) in [5.41, 5.74) is 6.87. The van der Waals surface area contributed by atoms with Crippen LogP contribution in [0.4, 0.5) is 0 Å². The second-order valence-corrected chi connectivity index (χ2v) is 7.10. The highest BCUT2D eigenvalue weighted by molar-refractivity contribution is 9.10. The van der Waals surface area contributed by atoms with Crippen molar-refractivity contribution < 1.29 is 4.79 Å². The zero-order chi connectivity index (χ0) is 14.1. The smallest absolute Gasteiger partial charge is 0.251 e. The third kappa shape index (κ3) is 3.79. The molecule has 2 fully saturated rings. The largest absolute Gasteiger partial charge is 0.349 e. The quantitative estimate of drug-likeness (QED) is 0.833. The Balaban J connectivity index is 0.00000161. The van der Waals surface area contributed by atoms with Gasteiger partial charge in [0.25, 0.3) is 5.91 Å². The number of hydrogen-bond acceptors (Lipinski definition) is 2. The summed E-state index contributed by atoms with van der Waals surface area (Å²) in [7, 11) is 0. The lowest BCUT2D eigenvalue weighted by atomic mass is 9.67. The van der Waals surface area contributed by atoms with E-state index < -0.39 is 0 Å². The SMILES string of the molecule is Cl.NC1CC2CCCC(C1)C2NC(=O)c1ccc(Br)cc1. The Morgan fingerprint density at radius 3 is 2.29 bits per heavy atom. The van der Waals surface area contributed by atoms with Crippen molar-refractivity contribution >= 4 is 34.2 Å². The van der Waals surface area contributed by atoms with Gasteiger partial charge in [-0.2, -0.15) is 0 Å². The van der Waals surface area contributed by atoms with Crippen molar-refractivity contribution in [2.75, 3.05) is 0 Å². The van der Waals surface area contributed by atoms with Crippen molar-refractivity contribution in [1.82, 2.24) is 5.32 Å². The fraction of sp³-hybridized carbons (Fsp3) is 0.562. The van der Waals surface area contributed by atoms with Crippen LogP contribution in [0.5, 0.6) is 0 Å². The fourth-order valence-corrected chi connectivity index (χ4v) is 4.13. The van der Waals surface area contributed by atoms with E-state index >= 15 is 0 Å². The minimum absolute atomic E-state index is 0. The Hall–Kier alpha value is -0.580. The number of amides is 1. The monoisotopic (exact) mass is 372 g/mol. The van der Waals surface area contributed by atoms with Crippen LogP contribution in [0.2, 0.25) is 0 Å². The van der Waals surface area contributed by atoms with E-state index in [4.69, 9.17) is 5.73 Å². The molecule has 2 bridgehead atoms. The molecule has 3 nitrogen and oxygen atoms in total. The van der Waals surface area contributed by atoms with Crippen LogP contribution >= 0.6 is 28.3 Å². The molecule has 0 heterocycles. The van der Waals surface area contributed by atoms with Gasteiger partial charge in [0.1, 0.15) is 0 Å². The number of benzene rings is 1. The van der Waals surface area contributed by atoms with E-state index in [1.807, 2.05) is 24.3 Å². The summed E-state index contributed by atoms with van der Waals surface area (Å²) in [5.74, 6) is 1.18. The van der Waals surface area contributed by atoms with Gasteiger partial charge in [0.15, 0.2) is 0 Å². The number of rotatable bonds is 2. The van der Waals surface area contributed by atoms with Crippen molar-refractivity contribution in [2.45, 2.75) is 44.2 Å². The lowest BCUT2D eigenvalue weighted by Gasteiger charge is -2.45. The Labute approximate surface area is 140 Å². The fourth-order valence-electron chi connectivity index (χ4n) is 3.86. The van der Waals surface area contributed by atoms with Crippen LogP contribution in [0.3, 0.4) is 0 Å². The first kappa shape index (κ1) is 16.8. The zero-order valence-corrected chi connectivity index (χ0v) is 14.3. The number of carbonyl (C=O) groups is 1. The summed E-state index contributed by atoms with van der Waals surface area (Å²) in [6, 6.07) is 8.19. The highest BCUT2D eigenvalue weighted by Gasteiger charge is 2.39. The van der Waals surface area contributed by atoms with Crippen molar-refractivity contribution in [1.29, 1.82) is 0 Å². The highest BCUT2D eigenvalue weighted by atomic mass is 79.9. The molecule has 0 aromatic heterocycles. The van der Waals surface area contributed by atoms with Crippen molar-refractivity contribution in [3.05, 3.63) is 34.3 Å². The highest BCUT2D eigenvalue weighted by Crippen LogP contribution is 2.39. The lowest BCUT2D eigenvalue weighted by molar-refractivity contribution is 0.0756. The van der Waals surface area contributed by atoms with Crippen molar-refractivity contribution in [3.63, 3.8) is 0 Å². The molecule has 116 valence electrons. The molecule has 2 unspecified atom stereocenters. The molecular formula is C16H22BrClN2O. The molecule has 1 aromatic rings. The van der Waals surface area contributed by atoms with Gasteiger partial charge < -0.3 is 11.1 Å². The maximum Gasteiger partial charge on any atom is 0.251 e. The normalized spacial score (nSPS) is 31.1. The topological polar surface area (TPSA) is 55.1 Å². The molecule has 2 saturated carbocycles. The molecule has 0 saturated heterocycles. The first-order valence-electron chi connectivity index (χ1n) is 7.45. The van der Waals surface area contributed by atoms with Crippen LogP contribution in [0.25, 0.3) is 0 Å². The van der Waals surface area contributed by atoms with Crippen LogP contribution in [-0.4, -0.2) is 18.0 Å². The molecular weight excluding hydrogens is 352 g/mol. The predicted molar refractivity (Wildman–Crippen MR) is 90.7 cm³/mol. The van der Waals surface area contributed by atoms with Gasteiger partial charge in [0, 0.05) is 22.1 Å². The molecule has 1 amide bonds. The van der Waals surface area contributed by atoms with Crippen molar-refractivity contribution in [3.8, 4) is 0 Å². The molecule has 3 rings (SSSR count). The summed E-state index contributed by atoms with van der Waals surface area (Å²) in [4.78, 5) is 12.4. The molecule has 0 spiro atoms. The number of halogens is 2. The molecule has 2 aliphatic rings. The van der Waals surface area contributed by atoms with E-state index in [0.29, 0.717) is 23.9 Å². The van der Waals surface area contributed by atoms with Gasteiger partial charge in [-0.1, -0.05) is 22.4 Å². The van der Waals surface area contributed by atoms with Gasteiger partial charge in [-0.05, 0) is 61.8 Å². The predicted octanol–water partition coefficient (Wildman–Crippen LogP) is 3.51. The third-order valence-corrected chi connectivity index (χ3v) is 5.31. The Bertz CT molecular complexity index is 480. The number of carbonyl (C=O) groups excluding carboxylic acids is 1. The van der Waals surface area contributed by atoms with Crippen LogP contribution in [-0.2, 0) is 0 Å². The van der Waals surface area contributed by atoms with Gasteiger partial charge in [0.2, 0.25) is 0 Å². The van der Waals surface area contributed by atoms with Crippen molar-refractivity contribution in [2.24, 2.45) is 17.6 Å². The van der Waals surface area contributed by atoms with Gasteiger partial charge >= 0.3 is 0 Å². The minimum Gasteiger partial charge on any atom is -0.349 e. The molecule has 5 heteroatoms. The van der Waals surface area contributed by atoms with E-state index in [1.54, 1.807) is 0 Å². The number of hydrogen-bond donors (Lipinski definition) is 2. The summed E-state index contributed by atoms with van der Waals surface area (Å²) in [5, 5.41) is 3.27. The molecule has 2 atom stereocenters. The maximum absolute atomic E-state index is 12.4. The average Bonchev–Trinajstić information content (AvgIpc) is 2.40.